The van der Waals surface area contributed by atoms with Gasteiger partial charge in [-0.2, -0.15) is 4.98 Å². The predicted octanol–water partition coefficient (Wildman–Crippen LogP) is 0.489. The first-order valence-corrected chi connectivity index (χ1v) is 6.02. The van der Waals surface area contributed by atoms with E-state index in [1.54, 1.807) is 14.1 Å². The van der Waals surface area contributed by atoms with Crippen LogP contribution in [0.1, 0.15) is 38.1 Å². The van der Waals surface area contributed by atoms with Crippen LogP contribution in [0, 0.1) is 0 Å². The molecule has 1 aromatic rings. The summed E-state index contributed by atoms with van der Waals surface area (Å²) in [6.07, 6.45) is 5.14. The van der Waals surface area contributed by atoms with E-state index in [0.29, 0.717) is 5.95 Å². The molecule has 0 aromatic carbocycles. The molecule has 1 aliphatic rings. The number of anilines is 1. The molecule has 1 aromatic heterocycles. The molecular weight excluding hydrogens is 220 g/mol. The number of rotatable bonds is 2. The molecule has 1 heterocycles. The quantitative estimate of drug-likeness (QED) is 0.814. The molecule has 0 unspecified atom stereocenters. The highest BCUT2D eigenvalue weighted by molar-refractivity contribution is 5.21. The summed E-state index contributed by atoms with van der Waals surface area (Å²) in [6.45, 7) is 0. The van der Waals surface area contributed by atoms with Crippen LogP contribution in [0.3, 0.4) is 0 Å². The summed E-state index contributed by atoms with van der Waals surface area (Å²) in [6, 6.07) is 0.0216. The first kappa shape index (κ1) is 11.9. The largest absolute Gasteiger partial charge is 0.358 e. The minimum Gasteiger partial charge on any atom is -0.358 e. The average Bonchev–Trinajstić information content (AvgIpc) is 2.35. The molecule has 6 nitrogen and oxygen atoms in total. The highest BCUT2D eigenvalue weighted by Crippen LogP contribution is 2.25. The van der Waals surface area contributed by atoms with E-state index in [-0.39, 0.29) is 11.7 Å². The van der Waals surface area contributed by atoms with Gasteiger partial charge >= 0.3 is 11.4 Å². The van der Waals surface area contributed by atoms with Gasteiger partial charge in [-0.15, -0.1) is 0 Å². The fraction of sp³-hybridized carbons (Fsp3) is 0.727. The Morgan fingerprint density at radius 3 is 2.47 bits per heavy atom. The Kier molecular flexibility index (Phi) is 3.31. The van der Waals surface area contributed by atoms with E-state index in [1.807, 2.05) is 0 Å². The Labute approximate surface area is 99.3 Å². The van der Waals surface area contributed by atoms with Crippen LogP contribution in [0.5, 0.6) is 0 Å². The Morgan fingerprint density at radius 2 is 1.88 bits per heavy atom. The van der Waals surface area contributed by atoms with Crippen molar-refractivity contribution in [1.82, 2.24) is 14.1 Å². The summed E-state index contributed by atoms with van der Waals surface area (Å²) >= 11 is 0. The van der Waals surface area contributed by atoms with Crippen LogP contribution in [-0.2, 0) is 7.05 Å². The van der Waals surface area contributed by atoms with Crippen molar-refractivity contribution in [2.45, 2.75) is 38.1 Å². The van der Waals surface area contributed by atoms with E-state index >= 15 is 0 Å². The summed E-state index contributed by atoms with van der Waals surface area (Å²) < 4.78 is 2.69. The van der Waals surface area contributed by atoms with Crippen molar-refractivity contribution in [3.63, 3.8) is 0 Å². The van der Waals surface area contributed by atoms with Crippen molar-refractivity contribution in [3.8, 4) is 0 Å². The van der Waals surface area contributed by atoms with Gasteiger partial charge in [0.2, 0.25) is 5.95 Å². The topological polar surface area (TPSA) is 68.9 Å². The maximum atomic E-state index is 12.1. The fourth-order valence-electron chi connectivity index (χ4n) is 2.43. The highest BCUT2D eigenvalue weighted by Gasteiger charge is 2.20. The summed E-state index contributed by atoms with van der Waals surface area (Å²) in [7, 11) is 3.27. The van der Waals surface area contributed by atoms with Crippen molar-refractivity contribution < 1.29 is 0 Å². The molecule has 6 heteroatoms. The molecule has 17 heavy (non-hydrogen) atoms. The zero-order chi connectivity index (χ0) is 12.4. The first-order valence-electron chi connectivity index (χ1n) is 6.02. The summed E-state index contributed by atoms with van der Waals surface area (Å²) in [4.78, 5) is 27.9. The van der Waals surface area contributed by atoms with Crippen LogP contribution in [0.25, 0.3) is 0 Å². The van der Waals surface area contributed by atoms with Gasteiger partial charge in [-0.05, 0) is 12.8 Å². The van der Waals surface area contributed by atoms with Crippen LogP contribution in [0.15, 0.2) is 9.59 Å². The van der Waals surface area contributed by atoms with Crippen molar-refractivity contribution in [2.75, 3.05) is 12.4 Å². The number of hydrogen-bond acceptors (Lipinski definition) is 4. The lowest BCUT2D eigenvalue weighted by molar-refractivity contribution is 0.327. The molecule has 94 valence electrons. The molecule has 2 rings (SSSR count). The van der Waals surface area contributed by atoms with Crippen LogP contribution in [-0.4, -0.2) is 21.2 Å². The maximum Gasteiger partial charge on any atom is 0.355 e. The van der Waals surface area contributed by atoms with Gasteiger partial charge in [-0.1, -0.05) is 19.3 Å². The predicted molar refractivity (Wildman–Crippen MR) is 65.4 cm³/mol. The van der Waals surface area contributed by atoms with Crippen molar-refractivity contribution >= 4 is 5.95 Å². The number of nitrogens with zero attached hydrogens (tertiary/aromatic N) is 3. The maximum absolute atomic E-state index is 12.1. The van der Waals surface area contributed by atoms with Crippen molar-refractivity contribution in [1.29, 1.82) is 0 Å². The van der Waals surface area contributed by atoms with E-state index in [1.165, 1.54) is 15.6 Å². The zero-order valence-corrected chi connectivity index (χ0v) is 10.3. The van der Waals surface area contributed by atoms with Gasteiger partial charge in [0.05, 0.1) is 0 Å². The monoisotopic (exact) mass is 238 g/mol. The van der Waals surface area contributed by atoms with E-state index in [4.69, 9.17) is 0 Å². The molecule has 1 aliphatic carbocycles. The lowest BCUT2D eigenvalue weighted by Gasteiger charge is -2.23. The Bertz CT molecular complexity index is 511. The molecule has 1 N–H and O–H groups in total. The molecule has 0 bridgehead atoms. The number of nitrogens with one attached hydrogen (secondary N) is 1. The molecular formula is C11H18N4O2. The molecule has 0 radical (unpaired) electrons. The van der Waals surface area contributed by atoms with Gasteiger partial charge in [-0.25, -0.2) is 14.2 Å². The second-order valence-corrected chi connectivity index (χ2v) is 4.47. The second kappa shape index (κ2) is 4.73. The SMILES string of the molecule is CNc1nc(=O)n(C2CCCCC2)c(=O)n1C. The van der Waals surface area contributed by atoms with Crippen molar-refractivity contribution in [2.24, 2.45) is 7.05 Å². The van der Waals surface area contributed by atoms with Crippen LogP contribution < -0.4 is 16.7 Å². The van der Waals surface area contributed by atoms with Crippen molar-refractivity contribution in [3.05, 3.63) is 21.0 Å². The van der Waals surface area contributed by atoms with Crippen LogP contribution in [0.4, 0.5) is 5.95 Å². The van der Waals surface area contributed by atoms with E-state index in [9.17, 15) is 9.59 Å². The standard InChI is InChI=1S/C11H18N4O2/c1-12-9-13-10(16)15(11(17)14(9)2)8-6-4-3-5-7-8/h8H,3-7H2,1-2H3,(H,12,13,16). The lowest BCUT2D eigenvalue weighted by atomic mass is 9.95. The van der Waals surface area contributed by atoms with Crippen LogP contribution in [0.2, 0.25) is 0 Å². The molecule has 0 atom stereocenters. The summed E-state index contributed by atoms with van der Waals surface area (Å²) in [5.74, 6) is 0.312. The second-order valence-electron chi connectivity index (χ2n) is 4.47. The first-order chi connectivity index (χ1) is 8.15. The Balaban J connectivity index is 2.50. The van der Waals surface area contributed by atoms with E-state index < -0.39 is 5.69 Å². The Hall–Kier alpha value is -1.59. The van der Waals surface area contributed by atoms with Crippen LogP contribution >= 0.6 is 0 Å². The third kappa shape index (κ3) is 2.11. The summed E-state index contributed by atoms with van der Waals surface area (Å²) in [5.41, 5.74) is -0.717. The van der Waals surface area contributed by atoms with Gasteiger partial charge in [0.1, 0.15) is 0 Å². The van der Waals surface area contributed by atoms with E-state index in [0.717, 1.165) is 25.7 Å². The molecule has 0 saturated heterocycles. The molecule has 0 spiro atoms. The van der Waals surface area contributed by atoms with Gasteiger partial charge < -0.3 is 5.32 Å². The lowest BCUT2D eigenvalue weighted by Crippen LogP contribution is -2.44. The third-order valence-corrected chi connectivity index (χ3v) is 3.38. The molecule has 1 saturated carbocycles. The average molecular weight is 238 g/mol. The zero-order valence-electron chi connectivity index (χ0n) is 10.3. The van der Waals surface area contributed by atoms with Gasteiger partial charge in [0.15, 0.2) is 0 Å². The summed E-state index contributed by atoms with van der Waals surface area (Å²) in [5, 5.41) is 2.75. The minimum absolute atomic E-state index is 0.0216. The van der Waals surface area contributed by atoms with Gasteiger partial charge in [0.25, 0.3) is 0 Å². The number of aromatic nitrogens is 3. The minimum atomic E-state index is -0.440. The number of hydrogen-bond donors (Lipinski definition) is 1. The van der Waals surface area contributed by atoms with Gasteiger partial charge in [0, 0.05) is 20.1 Å². The van der Waals surface area contributed by atoms with Gasteiger partial charge in [-0.3, -0.25) is 4.57 Å². The molecule has 0 aliphatic heterocycles. The Morgan fingerprint density at radius 1 is 1.24 bits per heavy atom. The smallest absolute Gasteiger partial charge is 0.355 e. The highest BCUT2D eigenvalue weighted by atomic mass is 16.2. The fourth-order valence-corrected chi connectivity index (χ4v) is 2.43. The normalized spacial score (nSPS) is 17.1. The third-order valence-electron chi connectivity index (χ3n) is 3.38. The van der Waals surface area contributed by atoms with E-state index in [2.05, 4.69) is 10.3 Å². The molecule has 0 amide bonds. The molecule has 1 fully saturated rings.